The molecule has 100 valence electrons. The normalized spacial score (nSPS) is 22.3. The van der Waals surface area contributed by atoms with E-state index in [1.165, 1.54) is 0 Å². The van der Waals surface area contributed by atoms with Crippen LogP contribution in [0, 0.1) is 5.92 Å². The Hall–Kier alpha value is -0.770. The van der Waals surface area contributed by atoms with Gasteiger partial charge in [-0.2, -0.15) is 0 Å². The Morgan fingerprint density at radius 3 is 2.56 bits per heavy atom. The molecule has 0 aromatic heterocycles. The molecular formula is C13H18Cl2N2O. The van der Waals surface area contributed by atoms with Gasteiger partial charge in [0.25, 0.3) is 0 Å². The average molecular weight is 289 g/mol. The van der Waals surface area contributed by atoms with Crippen molar-refractivity contribution in [1.29, 1.82) is 0 Å². The van der Waals surface area contributed by atoms with Crippen LogP contribution < -0.4 is 11.1 Å². The van der Waals surface area contributed by atoms with Crippen LogP contribution in [0.2, 0.25) is 5.02 Å². The lowest BCUT2D eigenvalue weighted by atomic mass is 10.1. The van der Waals surface area contributed by atoms with Gasteiger partial charge >= 0.3 is 0 Å². The maximum Gasteiger partial charge on any atom is 0.223 e. The van der Waals surface area contributed by atoms with E-state index in [0.29, 0.717) is 11.6 Å². The number of hydrogen-bond acceptors (Lipinski definition) is 2. The zero-order chi connectivity index (χ0) is 12.3. The minimum Gasteiger partial charge on any atom is -0.352 e. The van der Waals surface area contributed by atoms with E-state index in [1.807, 2.05) is 24.3 Å². The number of carbonyl (C=O) groups is 1. The molecule has 18 heavy (non-hydrogen) atoms. The third kappa shape index (κ3) is 4.16. The van der Waals surface area contributed by atoms with E-state index < -0.39 is 0 Å². The molecule has 1 saturated carbocycles. The Balaban J connectivity index is 0.00000162. The van der Waals surface area contributed by atoms with Gasteiger partial charge in [0.2, 0.25) is 5.91 Å². The number of rotatable bonds is 3. The summed E-state index contributed by atoms with van der Waals surface area (Å²) in [5.41, 5.74) is 6.85. The number of halogens is 2. The summed E-state index contributed by atoms with van der Waals surface area (Å²) >= 11 is 5.79. The van der Waals surface area contributed by atoms with Crippen molar-refractivity contribution in [2.45, 2.75) is 31.8 Å². The highest BCUT2D eigenvalue weighted by molar-refractivity contribution is 6.30. The molecule has 1 aromatic rings. The second-order valence-electron chi connectivity index (χ2n) is 4.61. The Bertz CT molecular complexity index is 394. The van der Waals surface area contributed by atoms with Crippen LogP contribution in [-0.4, -0.2) is 11.9 Å². The Kier molecular flexibility index (Phi) is 5.93. The molecule has 1 aromatic carbocycles. The summed E-state index contributed by atoms with van der Waals surface area (Å²) in [6, 6.07) is 7.69. The number of carbonyl (C=O) groups excluding carboxylic acids is 1. The van der Waals surface area contributed by atoms with Crippen LogP contribution in [0.4, 0.5) is 0 Å². The van der Waals surface area contributed by atoms with Gasteiger partial charge in [-0.25, -0.2) is 0 Å². The summed E-state index contributed by atoms with van der Waals surface area (Å²) in [4.78, 5) is 11.8. The number of nitrogens with one attached hydrogen (secondary N) is 1. The second-order valence-corrected chi connectivity index (χ2v) is 5.05. The SMILES string of the molecule is Cl.NC1CCC(C(=O)NCc2ccc(Cl)cc2)C1. The molecule has 0 radical (unpaired) electrons. The van der Waals surface area contributed by atoms with Gasteiger partial charge in [0.1, 0.15) is 0 Å². The van der Waals surface area contributed by atoms with Crippen molar-refractivity contribution in [3.05, 3.63) is 34.9 Å². The Morgan fingerprint density at radius 1 is 1.33 bits per heavy atom. The van der Waals surface area contributed by atoms with Gasteiger partial charge in [-0.1, -0.05) is 23.7 Å². The molecule has 0 bridgehead atoms. The monoisotopic (exact) mass is 288 g/mol. The number of nitrogens with two attached hydrogens (primary N) is 1. The van der Waals surface area contributed by atoms with Gasteiger partial charge in [-0.3, -0.25) is 4.79 Å². The van der Waals surface area contributed by atoms with E-state index in [1.54, 1.807) is 0 Å². The van der Waals surface area contributed by atoms with Crippen LogP contribution in [0.15, 0.2) is 24.3 Å². The molecule has 1 aliphatic carbocycles. The fourth-order valence-corrected chi connectivity index (χ4v) is 2.32. The first-order chi connectivity index (χ1) is 8.15. The van der Waals surface area contributed by atoms with Crippen molar-refractivity contribution in [1.82, 2.24) is 5.32 Å². The number of benzene rings is 1. The smallest absolute Gasteiger partial charge is 0.223 e. The fraction of sp³-hybridized carbons (Fsp3) is 0.462. The molecule has 3 nitrogen and oxygen atoms in total. The van der Waals surface area contributed by atoms with Gasteiger partial charge in [-0.15, -0.1) is 12.4 Å². The third-order valence-electron chi connectivity index (χ3n) is 3.22. The number of hydrogen-bond donors (Lipinski definition) is 2. The highest BCUT2D eigenvalue weighted by atomic mass is 35.5. The number of amides is 1. The van der Waals surface area contributed by atoms with Crippen molar-refractivity contribution in [2.75, 3.05) is 0 Å². The van der Waals surface area contributed by atoms with Crippen LogP contribution in [-0.2, 0) is 11.3 Å². The molecular weight excluding hydrogens is 271 g/mol. The first-order valence-electron chi connectivity index (χ1n) is 5.93. The molecule has 0 heterocycles. The molecule has 3 N–H and O–H groups in total. The van der Waals surface area contributed by atoms with Gasteiger partial charge in [-0.05, 0) is 37.0 Å². The lowest BCUT2D eigenvalue weighted by molar-refractivity contribution is -0.125. The summed E-state index contributed by atoms with van der Waals surface area (Å²) in [5.74, 6) is 0.213. The minimum absolute atomic E-state index is 0. The summed E-state index contributed by atoms with van der Waals surface area (Å²) in [6.07, 6.45) is 2.68. The molecule has 2 atom stereocenters. The highest BCUT2D eigenvalue weighted by Gasteiger charge is 2.27. The lowest BCUT2D eigenvalue weighted by Gasteiger charge is -2.10. The standard InChI is InChI=1S/C13H17ClN2O.ClH/c14-11-4-1-9(2-5-11)8-16-13(17)10-3-6-12(15)7-10;/h1-2,4-5,10,12H,3,6-8,15H2,(H,16,17);1H. The highest BCUT2D eigenvalue weighted by Crippen LogP contribution is 2.24. The van der Waals surface area contributed by atoms with Gasteiger partial charge in [0, 0.05) is 23.5 Å². The van der Waals surface area contributed by atoms with Crippen LogP contribution >= 0.6 is 24.0 Å². The predicted octanol–water partition coefficient (Wildman–Crippen LogP) is 2.51. The van der Waals surface area contributed by atoms with Gasteiger partial charge in [0.15, 0.2) is 0 Å². The summed E-state index contributed by atoms with van der Waals surface area (Å²) in [6.45, 7) is 0.557. The molecule has 5 heteroatoms. The zero-order valence-corrected chi connectivity index (χ0v) is 11.6. The minimum atomic E-state index is 0. The first-order valence-corrected chi connectivity index (χ1v) is 6.30. The molecule has 0 saturated heterocycles. The van der Waals surface area contributed by atoms with Crippen LogP contribution in [0.25, 0.3) is 0 Å². The zero-order valence-electron chi connectivity index (χ0n) is 10.1. The average Bonchev–Trinajstić information content (AvgIpc) is 2.75. The van der Waals surface area contributed by atoms with Crippen molar-refractivity contribution in [3.8, 4) is 0 Å². The van der Waals surface area contributed by atoms with E-state index in [4.69, 9.17) is 17.3 Å². The molecule has 1 fully saturated rings. The Morgan fingerprint density at radius 2 is 2.00 bits per heavy atom. The third-order valence-corrected chi connectivity index (χ3v) is 3.48. The van der Waals surface area contributed by atoms with Crippen LogP contribution in [0.3, 0.4) is 0 Å². The van der Waals surface area contributed by atoms with Gasteiger partial charge in [0.05, 0.1) is 0 Å². The van der Waals surface area contributed by atoms with E-state index >= 15 is 0 Å². The van der Waals surface area contributed by atoms with E-state index in [-0.39, 0.29) is 30.3 Å². The molecule has 1 aliphatic rings. The van der Waals surface area contributed by atoms with Crippen molar-refractivity contribution >= 4 is 29.9 Å². The maximum absolute atomic E-state index is 11.8. The summed E-state index contributed by atoms with van der Waals surface area (Å²) < 4.78 is 0. The summed E-state index contributed by atoms with van der Waals surface area (Å²) in [7, 11) is 0. The molecule has 2 unspecified atom stereocenters. The lowest BCUT2D eigenvalue weighted by Crippen LogP contribution is -2.29. The van der Waals surface area contributed by atoms with Crippen molar-refractivity contribution in [2.24, 2.45) is 11.7 Å². The van der Waals surface area contributed by atoms with Gasteiger partial charge < -0.3 is 11.1 Å². The van der Waals surface area contributed by atoms with Crippen LogP contribution in [0.5, 0.6) is 0 Å². The molecule has 1 amide bonds. The predicted molar refractivity (Wildman–Crippen MR) is 75.9 cm³/mol. The van der Waals surface area contributed by atoms with Crippen molar-refractivity contribution < 1.29 is 4.79 Å². The fourth-order valence-electron chi connectivity index (χ4n) is 2.19. The van der Waals surface area contributed by atoms with E-state index in [0.717, 1.165) is 24.8 Å². The van der Waals surface area contributed by atoms with Crippen molar-refractivity contribution in [3.63, 3.8) is 0 Å². The second kappa shape index (κ2) is 6.98. The first kappa shape index (κ1) is 15.3. The largest absolute Gasteiger partial charge is 0.352 e. The Labute approximate surface area is 118 Å². The maximum atomic E-state index is 11.8. The van der Waals surface area contributed by atoms with Crippen LogP contribution in [0.1, 0.15) is 24.8 Å². The quantitative estimate of drug-likeness (QED) is 0.898. The van der Waals surface area contributed by atoms with E-state index in [2.05, 4.69) is 5.32 Å². The van der Waals surface area contributed by atoms with E-state index in [9.17, 15) is 4.79 Å². The summed E-state index contributed by atoms with van der Waals surface area (Å²) in [5, 5.41) is 3.65. The molecule has 0 aliphatic heterocycles. The molecule has 2 rings (SSSR count). The molecule has 0 spiro atoms. The topological polar surface area (TPSA) is 55.1 Å².